The molecule has 0 fully saturated rings. The Hall–Kier alpha value is -0.870. The quantitative estimate of drug-likeness (QED) is 0.868. The monoisotopic (exact) mass is 283 g/mol. The summed E-state index contributed by atoms with van der Waals surface area (Å²) in [7, 11) is -3.40. The molecule has 19 heavy (non-hydrogen) atoms. The molecule has 1 rings (SSSR count). The van der Waals surface area contributed by atoms with Crippen molar-refractivity contribution in [3.8, 4) is 0 Å². The molecule has 1 aromatic rings. The minimum Gasteiger partial charge on any atom is -0.208 e. The van der Waals surface area contributed by atoms with Crippen molar-refractivity contribution in [2.75, 3.05) is 0 Å². The fourth-order valence-corrected chi connectivity index (χ4v) is 3.05. The Morgan fingerprint density at radius 3 is 2.00 bits per heavy atom. The van der Waals surface area contributed by atoms with Crippen LogP contribution in [0.3, 0.4) is 0 Å². The predicted molar refractivity (Wildman–Crippen MR) is 79.8 cm³/mol. The van der Waals surface area contributed by atoms with E-state index in [0.29, 0.717) is 10.8 Å². The maximum absolute atomic E-state index is 12.2. The summed E-state index contributed by atoms with van der Waals surface area (Å²) in [6.07, 6.45) is 1.05. The number of sulfonamides is 1. The lowest BCUT2D eigenvalue weighted by molar-refractivity contribution is 0.476. The van der Waals surface area contributed by atoms with E-state index >= 15 is 0 Å². The van der Waals surface area contributed by atoms with Crippen LogP contribution in [0.5, 0.6) is 0 Å². The van der Waals surface area contributed by atoms with Gasteiger partial charge in [-0.15, -0.1) is 0 Å². The molecule has 0 saturated heterocycles. The number of benzene rings is 1. The molecule has 0 spiro atoms. The van der Waals surface area contributed by atoms with E-state index in [1.807, 2.05) is 32.9 Å². The maximum Gasteiger partial charge on any atom is 0.240 e. The molecule has 108 valence electrons. The third-order valence-corrected chi connectivity index (χ3v) is 5.29. The minimum absolute atomic E-state index is 0.0701. The molecule has 1 N–H and O–H groups in total. The molecular formula is C15H25NO2S. The van der Waals surface area contributed by atoms with E-state index in [1.165, 1.54) is 5.56 Å². The van der Waals surface area contributed by atoms with Crippen LogP contribution in [0.15, 0.2) is 29.2 Å². The molecule has 4 heteroatoms. The fourth-order valence-electron chi connectivity index (χ4n) is 1.66. The van der Waals surface area contributed by atoms with Gasteiger partial charge in [0.25, 0.3) is 0 Å². The van der Waals surface area contributed by atoms with Gasteiger partial charge in [0.05, 0.1) is 4.90 Å². The van der Waals surface area contributed by atoms with Gasteiger partial charge in [-0.1, -0.05) is 39.8 Å². The Morgan fingerprint density at radius 2 is 1.58 bits per heavy atom. The smallest absolute Gasteiger partial charge is 0.208 e. The topological polar surface area (TPSA) is 46.2 Å². The average Bonchev–Trinajstić information content (AvgIpc) is 2.37. The van der Waals surface area contributed by atoms with Crippen LogP contribution in [-0.2, 0) is 10.0 Å². The Bertz CT molecular complexity index is 491. The first-order chi connectivity index (χ1) is 8.77. The van der Waals surface area contributed by atoms with E-state index in [1.54, 1.807) is 12.1 Å². The van der Waals surface area contributed by atoms with Gasteiger partial charge in [-0.3, -0.25) is 0 Å². The molecule has 0 saturated carbocycles. The first kappa shape index (κ1) is 16.2. The summed E-state index contributed by atoms with van der Waals surface area (Å²) < 4.78 is 27.1. The van der Waals surface area contributed by atoms with Gasteiger partial charge in [0, 0.05) is 6.04 Å². The molecular weight excluding hydrogens is 258 g/mol. The second-order valence-electron chi connectivity index (χ2n) is 5.53. The number of nitrogens with one attached hydrogen (secondary N) is 1. The second-order valence-corrected chi connectivity index (χ2v) is 7.25. The van der Waals surface area contributed by atoms with Gasteiger partial charge in [-0.2, -0.15) is 0 Å². The summed E-state index contributed by atoms with van der Waals surface area (Å²) >= 11 is 0. The number of hydrogen-bond donors (Lipinski definition) is 1. The number of rotatable bonds is 6. The SMILES string of the molecule is CCC(C)c1ccc(S(=O)(=O)NC(C)C(C)C)cc1. The standard InChI is InChI=1S/C15H25NO2S/c1-6-12(4)14-7-9-15(10-8-14)19(17,18)16-13(5)11(2)3/h7-13,16H,6H2,1-5H3. The molecule has 0 aromatic heterocycles. The summed E-state index contributed by atoms with van der Waals surface area (Å²) in [6, 6.07) is 7.12. The van der Waals surface area contributed by atoms with Crippen molar-refractivity contribution in [1.82, 2.24) is 4.72 Å². The van der Waals surface area contributed by atoms with Crippen LogP contribution in [0.4, 0.5) is 0 Å². The van der Waals surface area contributed by atoms with Crippen molar-refractivity contribution in [1.29, 1.82) is 0 Å². The van der Waals surface area contributed by atoms with Crippen LogP contribution in [0.2, 0.25) is 0 Å². The summed E-state index contributed by atoms with van der Waals surface area (Å²) in [5.74, 6) is 0.730. The van der Waals surface area contributed by atoms with Crippen molar-refractivity contribution >= 4 is 10.0 Å². The zero-order valence-electron chi connectivity index (χ0n) is 12.5. The molecule has 0 aliphatic carbocycles. The molecule has 3 nitrogen and oxygen atoms in total. The highest BCUT2D eigenvalue weighted by Gasteiger charge is 2.19. The van der Waals surface area contributed by atoms with Gasteiger partial charge < -0.3 is 0 Å². The Morgan fingerprint density at radius 1 is 1.05 bits per heavy atom. The van der Waals surface area contributed by atoms with E-state index in [2.05, 4.69) is 18.6 Å². The summed E-state index contributed by atoms with van der Waals surface area (Å²) in [5, 5.41) is 0. The molecule has 2 unspecified atom stereocenters. The lowest BCUT2D eigenvalue weighted by atomic mass is 9.99. The van der Waals surface area contributed by atoms with Gasteiger partial charge in [0.1, 0.15) is 0 Å². The largest absolute Gasteiger partial charge is 0.240 e. The van der Waals surface area contributed by atoms with Crippen LogP contribution in [0.1, 0.15) is 52.5 Å². The molecule has 1 aromatic carbocycles. The third kappa shape index (κ3) is 4.32. The highest BCUT2D eigenvalue weighted by atomic mass is 32.2. The van der Waals surface area contributed by atoms with Gasteiger partial charge in [0.15, 0.2) is 0 Å². The highest BCUT2D eigenvalue weighted by molar-refractivity contribution is 7.89. The van der Waals surface area contributed by atoms with Gasteiger partial charge in [0.2, 0.25) is 10.0 Å². The van der Waals surface area contributed by atoms with E-state index in [4.69, 9.17) is 0 Å². The van der Waals surface area contributed by atoms with Crippen LogP contribution < -0.4 is 4.72 Å². The van der Waals surface area contributed by atoms with E-state index in [9.17, 15) is 8.42 Å². The number of hydrogen-bond acceptors (Lipinski definition) is 2. The Labute approximate surface area is 117 Å². The van der Waals surface area contributed by atoms with Crippen LogP contribution in [-0.4, -0.2) is 14.5 Å². The van der Waals surface area contributed by atoms with Gasteiger partial charge >= 0.3 is 0 Å². The van der Waals surface area contributed by atoms with Crippen molar-refractivity contribution in [2.24, 2.45) is 5.92 Å². The Kier molecular flexibility index (Phi) is 5.56. The molecule has 0 aliphatic rings. The van der Waals surface area contributed by atoms with Crippen molar-refractivity contribution < 1.29 is 8.42 Å². The zero-order valence-corrected chi connectivity index (χ0v) is 13.3. The molecule has 0 aliphatic heterocycles. The van der Waals surface area contributed by atoms with Gasteiger partial charge in [-0.05, 0) is 42.9 Å². The van der Waals surface area contributed by atoms with Crippen molar-refractivity contribution in [3.05, 3.63) is 29.8 Å². The maximum atomic E-state index is 12.2. The van der Waals surface area contributed by atoms with E-state index in [-0.39, 0.29) is 12.0 Å². The highest BCUT2D eigenvalue weighted by Crippen LogP contribution is 2.20. The van der Waals surface area contributed by atoms with Crippen molar-refractivity contribution in [3.63, 3.8) is 0 Å². The summed E-state index contributed by atoms with van der Waals surface area (Å²) in [5.41, 5.74) is 1.18. The second kappa shape index (κ2) is 6.53. The first-order valence-corrected chi connectivity index (χ1v) is 8.38. The third-order valence-electron chi connectivity index (χ3n) is 3.71. The van der Waals surface area contributed by atoms with E-state index < -0.39 is 10.0 Å². The van der Waals surface area contributed by atoms with Crippen LogP contribution in [0, 0.1) is 5.92 Å². The summed E-state index contributed by atoms with van der Waals surface area (Å²) in [4.78, 5) is 0.340. The molecule has 0 heterocycles. The first-order valence-electron chi connectivity index (χ1n) is 6.90. The average molecular weight is 283 g/mol. The zero-order chi connectivity index (χ0) is 14.6. The predicted octanol–water partition coefficient (Wildman–Crippen LogP) is 3.52. The fraction of sp³-hybridized carbons (Fsp3) is 0.600. The van der Waals surface area contributed by atoms with Crippen molar-refractivity contribution in [2.45, 2.75) is 57.9 Å². The Balaban J connectivity index is 2.91. The lowest BCUT2D eigenvalue weighted by Crippen LogP contribution is -2.36. The molecule has 0 bridgehead atoms. The van der Waals surface area contributed by atoms with Crippen LogP contribution in [0.25, 0.3) is 0 Å². The summed E-state index contributed by atoms with van der Waals surface area (Å²) in [6.45, 7) is 10.2. The van der Waals surface area contributed by atoms with Gasteiger partial charge in [-0.25, -0.2) is 13.1 Å². The molecule has 0 radical (unpaired) electrons. The molecule has 0 amide bonds. The lowest BCUT2D eigenvalue weighted by Gasteiger charge is -2.18. The molecule has 2 atom stereocenters. The normalized spacial score (nSPS) is 15.5. The van der Waals surface area contributed by atoms with Crippen LogP contribution >= 0.6 is 0 Å². The van der Waals surface area contributed by atoms with E-state index in [0.717, 1.165) is 6.42 Å². The minimum atomic E-state index is -3.40.